The molecule has 1 aromatic rings. The number of carbonyl (C=O) groups is 1. The maximum atomic E-state index is 10.6. The SMILES string of the molecule is CC(Nc1nnc(CN)o1)C(N)=O. The molecule has 1 atom stereocenters. The minimum absolute atomic E-state index is 0.145. The Morgan fingerprint density at radius 1 is 1.69 bits per heavy atom. The van der Waals surface area contributed by atoms with Gasteiger partial charge in [-0.2, -0.15) is 0 Å². The van der Waals surface area contributed by atoms with E-state index in [0.29, 0.717) is 5.89 Å². The minimum atomic E-state index is -0.550. The fraction of sp³-hybridized carbons (Fsp3) is 0.500. The van der Waals surface area contributed by atoms with Gasteiger partial charge in [-0.15, -0.1) is 5.10 Å². The third kappa shape index (κ3) is 2.41. The van der Waals surface area contributed by atoms with Gasteiger partial charge in [-0.25, -0.2) is 0 Å². The maximum Gasteiger partial charge on any atom is 0.316 e. The molecule has 0 aromatic carbocycles. The Morgan fingerprint density at radius 3 is 2.85 bits per heavy atom. The van der Waals surface area contributed by atoms with Crippen LogP contribution in [0.3, 0.4) is 0 Å². The van der Waals surface area contributed by atoms with E-state index in [1.165, 1.54) is 0 Å². The number of anilines is 1. The average Bonchev–Trinajstić information content (AvgIpc) is 2.52. The lowest BCUT2D eigenvalue weighted by Crippen LogP contribution is -2.32. The Hall–Kier alpha value is -1.63. The number of rotatable bonds is 4. The molecule has 72 valence electrons. The van der Waals surface area contributed by atoms with Gasteiger partial charge in [0.15, 0.2) is 0 Å². The van der Waals surface area contributed by atoms with E-state index >= 15 is 0 Å². The van der Waals surface area contributed by atoms with Gasteiger partial charge < -0.3 is 21.2 Å². The highest BCUT2D eigenvalue weighted by Gasteiger charge is 2.11. The molecule has 5 N–H and O–H groups in total. The molecule has 0 bridgehead atoms. The number of nitrogens with one attached hydrogen (secondary N) is 1. The van der Waals surface area contributed by atoms with Crippen LogP contribution in [0.15, 0.2) is 4.42 Å². The molecule has 0 saturated carbocycles. The predicted molar refractivity (Wildman–Crippen MR) is 44.5 cm³/mol. The van der Waals surface area contributed by atoms with Crippen LogP contribution in [0.25, 0.3) is 0 Å². The van der Waals surface area contributed by atoms with Gasteiger partial charge in [0.05, 0.1) is 6.54 Å². The van der Waals surface area contributed by atoms with Crippen molar-refractivity contribution in [2.24, 2.45) is 11.5 Å². The zero-order valence-corrected chi connectivity index (χ0v) is 7.15. The predicted octanol–water partition coefficient (Wildman–Crippen LogP) is -1.19. The summed E-state index contributed by atoms with van der Waals surface area (Å²) in [6.45, 7) is 1.76. The molecule has 13 heavy (non-hydrogen) atoms. The van der Waals surface area contributed by atoms with E-state index in [1.807, 2.05) is 0 Å². The van der Waals surface area contributed by atoms with Crippen LogP contribution in [-0.2, 0) is 11.3 Å². The summed E-state index contributed by atoms with van der Waals surface area (Å²) in [6.07, 6.45) is 0. The van der Waals surface area contributed by atoms with Gasteiger partial charge in [0.2, 0.25) is 11.8 Å². The lowest BCUT2D eigenvalue weighted by Gasteiger charge is -2.05. The second-order valence-electron chi connectivity index (χ2n) is 2.47. The summed E-state index contributed by atoms with van der Waals surface area (Å²) in [5, 5.41) is 9.81. The summed E-state index contributed by atoms with van der Waals surface area (Å²) in [5.41, 5.74) is 10.2. The van der Waals surface area contributed by atoms with Crippen LogP contribution in [0.4, 0.5) is 6.01 Å². The highest BCUT2D eigenvalue weighted by molar-refractivity contribution is 5.81. The molecule has 0 fully saturated rings. The lowest BCUT2D eigenvalue weighted by molar-refractivity contribution is -0.118. The van der Waals surface area contributed by atoms with Crippen molar-refractivity contribution < 1.29 is 9.21 Å². The van der Waals surface area contributed by atoms with Gasteiger partial charge in [-0.3, -0.25) is 4.79 Å². The zero-order chi connectivity index (χ0) is 9.84. The van der Waals surface area contributed by atoms with E-state index in [1.54, 1.807) is 6.92 Å². The molecule has 7 nitrogen and oxygen atoms in total. The first-order valence-electron chi connectivity index (χ1n) is 3.71. The molecule has 0 aliphatic carbocycles. The van der Waals surface area contributed by atoms with E-state index in [0.717, 1.165) is 0 Å². The van der Waals surface area contributed by atoms with E-state index in [2.05, 4.69) is 15.5 Å². The number of nitrogens with zero attached hydrogens (tertiary/aromatic N) is 2. The Labute approximate surface area is 74.5 Å². The Balaban J connectivity index is 2.58. The monoisotopic (exact) mass is 185 g/mol. The van der Waals surface area contributed by atoms with Crippen LogP contribution in [0.1, 0.15) is 12.8 Å². The first-order valence-corrected chi connectivity index (χ1v) is 3.71. The smallest absolute Gasteiger partial charge is 0.316 e. The first kappa shape index (κ1) is 9.46. The van der Waals surface area contributed by atoms with Gasteiger partial charge in [0.25, 0.3) is 0 Å². The van der Waals surface area contributed by atoms with Crippen molar-refractivity contribution in [1.29, 1.82) is 0 Å². The van der Waals surface area contributed by atoms with Crippen LogP contribution in [0.5, 0.6) is 0 Å². The Morgan fingerprint density at radius 2 is 2.38 bits per heavy atom. The van der Waals surface area contributed by atoms with Crippen LogP contribution < -0.4 is 16.8 Å². The van der Waals surface area contributed by atoms with Gasteiger partial charge in [0, 0.05) is 0 Å². The number of hydrogen-bond acceptors (Lipinski definition) is 6. The van der Waals surface area contributed by atoms with Crippen LogP contribution in [0, 0.1) is 0 Å². The van der Waals surface area contributed by atoms with Crippen molar-refractivity contribution in [3.8, 4) is 0 Å². The summed E-state index contributed by atoms with van der Waals surface area (Å²) >= 11 is 0. The fourth-order valence-electron chi connectivity index (χ4n) is 0.651. The maximum absolute atomic E-state index is 10.6. The average molecular weight is 185 g/mol. The number of carbonyl (C=O) groups excluding carboxylic acids is 1. The number of primary amides is 1. The molecule has 0 aliphatic heterocycles. The number of aromatic nitrogens is 2. The van der Waals surface area contributed by atoms with E-state index in [4.69, 9.17) is 15.9 Å². The highest BCUT2D eigenvalue weighted by atomic mass is 16.4. The largest absolute Gasteiger partial charge is 0.407 e. The molecule has 0 saturated heterocycles. The van der Waals surface area contributed by atoms with Crippen molar-refractivity contribution in [3.63, 3.8) is 0 Å². The fourth-order valence-corrected chi connectivity index (χ4v) is 0.651. The number of amides is 1. The van der Waals surface area contributed by atoms with Crippen LogP contribution in [-0.4, -0.2) is 22.1 Å². The molecule has 0 aliphatic rings. The molecule has 0 spiro atoms. The van der Waals surface area contributed by atoms with Crippen molar-refractivity contribution in [3.05, 3.63) is 5.89 Å². The summed E-state index contributed by atoms with van der Waals surface area (Å²) in [5.74, 6) is -0.188. The molecule has 1 rings (SSSR count). The molecule has 1 heterocycles. The molecule has 0 radical (unpaired) electrons. The zero-order valence-electron chi connectivity index (χ0n) is 7.15. The molecular formula is C6H11N5O2. The molecule has 1 amide bonds. The second kappa shape index (κ2) is 3.85. The molecule has 1 aromatic heterocycles. The third-order valence-corrected chi connectivity index (χ3v) is 1.41. The lowest BCUT2D eigenvalue weighted by atomic mass is 10.3. The van der Waals surface area contributed by atoms with Crippen LogP contribution >= 0.6 is 0 Å². The van der Waals surface area contributed by atoms with E-state index in [-0.39, 0.29) is 12.6 Å². The Kier molecular flexibility index (Phi) is 2.80. The van der Waals surface area contributed by atoms with E-state index < -0.39 is 11.9 Å². The third-order valence-electron chi connectivity index (χ3n) is 1.41. The number of nitrogens with two attached hydrogens (primary N) is 2. The standard InChI is InChI=1S/C6H11N5O2/c1-3(5(8)12)9-6-11-10-4(2-7)13-6/h3H,2,7H2,1H3,(H2,8,12)(H,9,11). The van der Waals surface area contributed by atoms with Gasteiger partial charge >= 0.3 is 6.01 Å². The highest BCUT2D eigenvalue weighted by Crippen LogP contribution is 2.05. The molecule has 7 heteroatoms. The second-order valence-corrected chi connectivity index (χ2v) is 2.47. The normalized spacial score (nSPS) is 12.5. The molecule has 1 unspecified atom stereocenters. The summed E-state index contributed by atoms with van der Waals surface area (Å²) in [6, 6.07) is -0.405. The van der Waals surface area contributed by atoms with Gasteiger partial charge in [0.1, 0.15) is 6.04 Å². The van der Waals surface area contributed by atoms with Gasteiger partial charge in [-0.05, 0) is 6.92 Å². The minimum Gasteiger partial charge on any atom is -0.407 e. The van der Waals surface area contributed by atoms with Crippen molar-refractivity contribution in [1.82, 2.24) is 10.2 Å². The van der Waals surface area contributed by atoms with Crippen molar-refractivity contribution >= 4 is 11.9 Å². The first-order chi connectivity index (χ1) is 6.13. The quantitative estimate of drug-likeness (QED) is 0.542. The molecular weight excluding hydrogens is 174 g/mol. The number of hydrogen-bond donors (Lipinski definition) is 3. The Bertz CT molecular complexity index is 297. The van der Waals surface area contributed by atoms with Crippen molar-refractivity contribution in [2.45, 2.75) is 19.5 Å². The van der Waals surface area contributed by atoms with Crippen molar-refractivity contribution in [2.75, 3.05) is 5.32 Å². The van der Waals surface area contributed by atoms with Crippen LogP contribution in [0.2, 0.25) is 0 Å². The summed E-state index contributed by atoms with van der Waals surface area (Å²) in [7, 11) is 0. The van der Waals surface area contributed by atoms with Gasteiger partial charge in [-0.1, -0.05) is 5.10 Å². The topological polar surface area (TPSA) is 120 Å². The van der Waals surface area contributed by atoms with E-state index in [9.17, 15) is 4.79 Å². The summed E-state index contributed by atoms with van der Waals surface area (Å²) in [4.78, 5) is 10.6. The summed E-state index contributed by atoms with van der Waals surface area (Å²) < 4.78 is 4.99.